The molecule has 1 heterocycles. The number of hydrogen-bond acceptors (Lipinski definition) is 5. The van der Waals surface area contributed by atoms with Gasteiger partial charge in [0.1, 0.15) is 6.04 Å². The molecule has 1 amide bonds. The van der Waals surface area contributed by atoms with E-state index in [2.05, 4.69) is 20.0 Å². The van der Waals surface area contributed by atoms with E-state index >= 15 is 0 Å². The number of nitrogens with one attached hydrogen (secondary N) is 3. The van der Waals surface area contributed by atoms with Crippen molar-refractivity contribution in [3.05, 3.63) is 54.1 Å². The number of aryl methyl sites for hydroxylation is 1. The lowest BCUT2D eigenvalue weighted by Gasteiger charge is -2.17. The highest BCUT2D eigenvalue weighted by atomic mass is 32.2. The molecule has 0 aliphatic heterocycles. The van der Waals surface area contributed by atoms with E-state index in [1.54, 1.807) is 23.9 Å². The summed E-state index contributed by atoms with van der Waals surface area (Å²) in [5.74, 6) is 0.466. The van der Waals surface area contributed by atoms with Gasteiger partial charge >= 0.3 is 0 Å². The van der Waals surface area contributed by atoms with Crippen LogP contribution >= 0.6 is 11.8 Å². The van der Waals surface area contributed by atoms with Crippen LogP contribution in [0.3, 0.4) is 0 Å². The molecule has 0 fully saturated rings. The van der Waals surface area contributed by atoms with E-state index in [1.165, 1.54) is 12.1 Å². The molecule has 0 saturated heterocycles. The quantitative estimate of drug-likeness (QED) is 0.522. The number of carbonyl (C=O) groups is 1. The first-order valence-corrected chi connectivity index (χ1v) is 11.6. The maximum Gasteiger partial charge on any atom is 0.244 e. The van der Waals surface area contributed by atoms with Crippen LogP contribution in [0.2, 0.25) is 0 Å². The zero-order chi connectivity index (χ0) is 20.1. The number of amides is 1. The molecule has 0 spiro atoms. The van der Waals surface area contributed by atoms with Crippen LogP contribution in [0.4, 0.5) is 5.95 Å². The smallest absolute Gasteiger partial charge is 0.244 e. The van der Waals surface area contributed by atoms with E-state index in [4.69, 9.17) is 0 Å². The van der Waals surface area contributed by atoms with Gasteiger partial charge in [0.05, 0.1) is 15.9 Å². The van der Waals surface area contributed by atoms with Crippen LogP contribution in [-0.4, -0.2) is 42.3 Å². The summed E-state index contributed by atoms with van der Waals surface area (Å²) in [6.07, 6.45) is 2.26. The fourth-order valence-corrected chi connectivity index (χ4v) is 4.37. The van der Waals surface area contributed by atoms with Crippen molar-refractivity contribution < 1.29 is 13.2 Å². The number of benzene rings is 2. The third-order valence-electron chi connectivity index (χ3n) is 4.19. The number of anilines is 1. The number of para-hydroxylation sites is 2. The Morgan fingerprint density at radius 1 is 1.18 bits per heavy atom. The van der Waals surface area contributed by atoms with Gasteiger partial charge in [0.15, 0.2) is 0 Å². The Balaban J connectivity index is 1.78. The molecule has 1 aromatic heterocycles. The van der Waals surface area contributed by atoms with Crippen molar-refractivity contribution in [2.45, 2.75) is 24.3 Å². The van der Waals surface area contributed by atoms with Crippen molar-refractivity contribution in [3.8, 4) is 0 Å². The maximum atomic E-state index is 12.8. The van der Waals surface area contributed by atoms with Gasteiger partial charge in [-0.3, -0.25) is 10.1 Å². The molecule has 3 aromatic rings. The Hall–Kier alpha value is -2.36. The fourth-order valence-electron chi connectivity index (χ4n) is 2.67. The Labute approximate surface area is 168 Å². The third-order valence-corrected chi connectivity index (χ3v) is 6.32. The molecule has 1 atom stereocenters. The molecule has 0 aliphatic carbocycles. The third kappa shape index (κ3) is 4.92. The molecule has 9 heteroatoms. The Morgan fingerprint density at radius 2 is 1.89 bits per heavy atom. The molecular weight excluding hydrogens is 396 g/mol. The molecule has 148 valence electrons. The second-order valence-corrected chi connectivity index (χ2v) is 9.06. The van der Waals surface area contributed by atoms with Gasteiger partial charge in [-0.25, -0.2) is 13.4 Å². The van der Waals surface area contributed by atoms with Gasteiger partial charge in [-0.05, 0) is 49.6 Å². The zero-order valence-corrected chi connectivity index (χ0v) is 17.2. The van der Waals surface area contributed by atoms with Gasteiger partial charge in [-0.2, -0.15) is 16.5 Å². The van der Waals surface area contributed by atoms with E-state index in [0.717, 1.165) is 16.6 Å². The Bertz CT molecular complexity index is 1030. The van der Waals surface area contributed by atoms with Gasteiger partial charge in [0.25, 0.3) is 0 Å². The molecule has 28 heavy (non-hydrogen) atoms. The highest BCUT2D eigenvalue weighted by Gasteiger charge is 2.26. The normalized spacial score (nSPS) is 12.8. The lowest BCUT2D eigenvalue weighted by molar-refractivity contribution is -0.117. The number of sulfonamides is 1. The maximum absolute atomic E-state index is 12.8. The van der Waals surface area contributed by atoms with Gasteiger partial charge < -0.3 is 4.98 Å². The van der Waals surface area contributed by atoms with E-state index in [9.17, 15) is 13.2 Å². The molecule has 2 aromatic carbocycles. The summed E-state index contributed by atoms with van der Waals surface area (Å²) in [6.45, 7) is 1.88. The summed E-state index contributed by atoms with van der Waals surface area (Å²) < 4.78 is 27.9. The van der Waals surface area contributed by atoms with Gasteiger partial charge in [0.2, 0.25) is 21.9 Å². The number of aromatic amines is 1. The van der Waals surface area contributed by atoms with Gasteiger partial charge in [-0.15, -0.1) is 0 Å². The number of imidazole rings is 1. The van der Waals surface area contributed by atoms with Crippen molar-refractivity contribution in [3.63, 3.8) is 0 Å². The minimum atomic E-state index is -3.82. The summed E-state index contributed by atoms with van der Waals surface area (Å²) in [5.41, 5.74) is 2.47. The lowest BCUT2D eigenvalue weighted by Crippen LogP contribution is -2.44. The van der Waals surface area contributed by atoms with Crippen LogP contribution in [0.25, 0.3) is 11.0 Å². The number of thioether (sulfide) groups is 1. The van der Waals surface area contributed by atoms with Gasteiger partial charge in [-0.1, -0.05) is 29.8 Å². The molecule has 0 saturated carbocycles. The fraction of sp³-hybridized carbons (Fsp3) is 0.263. The van der Waals surface area contributed by atoms with E-state index in [1.807, 2.05) is 37.4 Å². The highest BCUT2D eigenvalue weighted by Crippen LogP contribution is 2.15. The lowest BCUT2D eigenvalue weighted by atomic mass is 10.2. The number of fused-ring (bicyclic) bond motifs is 1. The van der Waals surface area contributed by atoms with Crippen LogP contribution in [0.15, 0.2) is 53.4 Å². The first kappa shape index (κ1) is 20.4. The second kappa shape index (κ2) is 8.76. The minimum absolute atomic E-state index is 0.129. The monoisotopic (exact) mass is 418 g/mol. The van der Waals surface area contributed by atoms with Crippen molar-refractivity contribution in [2.75, 3.05) is 17.3 Å². The number of nitrogens with zero attached hydrogens (tertiary/aromatic N) is 1. The molecule has 0 bridgehead atoms. The number of carbonyl (C=O) groups excluding carboxylic acids is 1. The highest BCUT2D eigenvalue weighted by molar-refractivity contribution is 7.98. The van der Waals surface area contributed by atoms with Crippen molar-refractivity contribution >= 4 is 44.7 Å². The van der Waals surface area contributed by atoms with E-state index < -0.39 is 22.0 Å². The zero-order valence-electron chi connectivity index (χ0n) is 15.6. The average molecular weight is 419 g/mol. The summed E-state index contributed by atoms with van der Waals surface area (Å²) >= 11 is 1.54. The predicted octanol–water partition coefficient (Wildman–Crippen LogP) is 2.91. The molecular formula is C19H22N4O3S2. The van der Waals surface area contributed by atoms with E-state index in [0.29, 0.717) is 12.2 Å². The standard InChI is InChI=1S/C19H22N4O3S2/c1-13-7-9-14(10-8-13)28(25,26)23-17(11-12-27-2)18(24)22-19-20-15-5-3-4-6-16(15)21-19/h3-10,17,23H,11-12H2,1-2H3,(H2,20,21,22,24). The van der Waals surface area contributed by atoms with Crippen LogP contribution in [0.5, 0.6) is 0 Å². The van der Waals surface area contributed by atoms with Crippen molar-refractivity contribution in [1.82, 2.24) is 14.7 Å². The topological polar surface area (TPSA) is 104 Å². The first-order chi connectivity index (χ1) is 13.4. The van der Waals surface area contributed by atoms with Crippen LogP contribution in [0, 0.1) is 6.92 Å². The minimum Gasteiger partial charge on any atom is -0.324 e. The van der Waals surface area contributed by atoms with E-state index in [-0.39, 0.29) is 10.8 Å². The molecule has 3 N–H and O–H groups in total. The van der Waals surface area contributed by atoms with Crippen molar-refractivity contribution in [1.29, 1.82) is 0 Å². The van der Waals surface area contributed by atoms with Crippen LogP contribution in [-0.2, 0) is 14.8 Å². The number of H-pyrrole nitrogens is 1. The molecule has 0 aliphatic rings. The number of rotatable bonds is 8. The summed E-state index contributed by atoms with van der Waals surface area (Å²) in [6, 6.07) is 13.0. The molecule has 0 radical (unpaired) electrons. The SMILES string of the molecule is CSCCC(NS(=O)(=O)c1ccc(C)cc1)C(=O)Nc1nc2ccccc2[nH]1. The van der Waals surface area contributed by atoms with Crippen LogP contribution in [0.1, 0.15) is 12.0 Å². The molecule has 1 unspecified atom stereocenters. The summed E-state index contributed by atoms with van der Waals surface area (Å²) in [5, 5.41) is 2.68. The number of aromatic nitrogens is 2. The van der Waals surface area contributed by atoms with Crippen LogP contribution < -0.4 is 10.0 Å². The average Bonchev–Trinajstić information content (AvgIpc) is 3.07. The molecule has 7 nitrogen and oxygen atoms in total. The van der Waals surface area contributed by atoms with Crippen molar-refractivity contribution in [2.24, 2.45) is 0 Å². The summed E-state index contributed by atoms with van der Waals surface area (Å²) in [7, 11) is -3.82. The van der Waals surface area contributed by atoms with Gasteiger partial charge in [0, 0.05) is 0 Å². The largest absolute Gasteiger partial charge is 0.324 e. The number of hydrogen-bond donors (Lipinski definition) is 3. The molecule has 3 rings (SSSR count). The second-order valence-electron chi connectivity index (χ2n) is 6.36. The first-order valence-electron chi connectivity index (χ1n) is 8.72. The Kier molecular flexibility index (Phi) is 6.38. The summed E-state index contributed by atoms with van der Waals surface area (Å²) in [4.78, 5) is 20.2. The predicted molar refractivity (Wildman–Crippen MR) is 113 cm³/mol. The Morgan fingerprint density at radius 3 is 2.57 bits per heavy atom.